The minimum Gasteiger partial charge on any atom is -0.494 e. The van der Waals surface area contributed by atoms with Crippen LogP contribution in [0.3, 0.4) is 0 Å². The number of nitrogens with zero attached hydrogens (tertiary/aromatic N) is 3. The maximum absolute atomic E-state index is 5.42. The van der Waals surface area contributed by atoms with Gasteiger partial charge in [-0.3, -0.25) is 5.10 Å². The molecule has 0 aliphatic carbocycles. The van der Waals surface area contributed by atoms with E-state index in [-0.39, 0.29) is 0 Å². The van der Waals surface area contributed by atoms with Crippen LogP contribution in [-0.2, 0) is 0 Å². The molecule has 0 aliphatic heterocycles. The highest BCUT2D eigenvalue weighted by molar-refractivity contribution is 7.13. The summed E-state index contributed by atoms with van der Waals surface area (Å²) >= 11 is 1.54. The van der Waals surface area contributed by atoms with Gasteiger partial charge in [-0.25, -0.2) is 9.97 Å². The second kappa shape index (κ2) is 5.19. The van der Waals surface area contributed by atoms with Crippen LogP contribution in [0.25, 0.3) is 22.1 Å². The number of aromatic nitrogens is 4. The van der Waals surface area contributed by atoms with Gasteiger partial charge in [0.2, 0.25) is 0 Å². The molecule has 0 spiro atoms. The zero-order valence-electron chi connectivity index (χ0n) is 10.3. The van der Waals surface area contributed by atoms with Crippen LogP contribution in [0, 0.1) is 0 Å². The molecular formula is C13H12N4OS. The lowest BCUT2D eigenvalue weighted by atomic mass is 10.2. The Morgan fingerprint density at radius 3 is 2.79 bits per heavy atom. The average molecular weight is 272 g/mol. The van der Waals surface area contributed by atoms with Crippen LogP contribution in [-0.4, -0.2) is 26.8 Å². The fourth-order valence-electron chi connectivity index (χ4n) is 1.71. The summed E-state index contributed by atoms with van der Waals surface area (Å²) in [6.45, 7) is 2.64. The molecule has 1 N–H and O–H groups in total. The van der Waals surface area contributed by atoms with E-state index in [4.69, 9.17) is 4.74 Å². The number of ether oxygens (including phenoxy) is 1. The van der Waals surface area contributed by atoms with E-state index in [1.54, 1.807) is 11.3 Å². The molecule has 2 heterocycles. The van der Waals surface area contributed by atoms with Crippen molar-refractivity contribution in [3.8, 4) is 27.8 Å². The summed E-state index contributed by atoms with van der Waals surface area (Å²) in [5, 5.41) is 9.48. The van der Waals surface area contributed by atoms with Crippen LogP contribution >= 0.6 is 11.3 Å². The zero-order valence-corrected chi connectivity index (χ0v) is 11.1. The molecule has 0 amide bonds. The fraction of sp³-hybridized carbons (Fsp3) is 0.154. The third-order valence-corrected chi connectivity index (χ3v) is 3.43. The van der Waals surface area contributed by atoms with Crippen LogP contribution in [0.15, 0.2) is 36.0 Å². The zero-order chi connectivity index (χ0) is 13.1. The number of hydrogen-bond acceptors (Lipinski definition) is 5. The van der Waals surface area contributed by atoms with Gasteiger partial charge in [-0.15, -0.1) is 11.3 Å². The molecule has 6 heteroatoms. The Balaban J connectivity index is 1.86. The number of benzene rings is 1. The molecule has 3 rings (SSSR count). The topological polar surface area (TPSA) is 63.7 Å². The summed E-state index contributed by atoms with van der Waals surface area (Å²) in [7, 11) is 0. The van der Waals surface area contributed by atoms with Gasteiger partial charge in [0.25, 0.3) is 0 Å². The average Bonchev–Trinajstić information content (AvgIpc) is 3.11. The molecular weight excluding hydrogens is 260 g/mol. The smallest absolute Gasteiger partial charge is 0.184 e. The molecule has 0 unspecified atom stereocenters. The highest BCUT2D eigenvalue weighted by Gasteiger charge is 2.08. The molecule has 0 saturated heterocycles. The lowest BCUT2D eigenvalue weighted by Crippen LogP contribution is -1.90. The second-order valence-electron chi connectivity index (χ2n) is 3.83. The van der Waals surface area contributed by atoms with Crippen molar-refractivity contribution in [3.05, 3.63) is 36.0 Å². The van der Waals surface area contributed by atoms with Gasteiger partial charge in [-0.05, 0) is 31.2 Å². The number of hydrogen-bond donors (Lipinski definition) is 1. The second-order valence-corrected chi connectivity index (χ2v) is 4.69. The normalized spacial score (nSPS) is 10.6. The monoisotopic (exact) mass is 272 g/mol. The Hall–Kier alpha value is -2.21. The van der Waals surface area contributed by atoms with Crippen molar-refractivity contribution >= 4 is 11.3 Å². The summed E-state index contributed by atoms with van der Waals surface area (Å²) in [6.07, 6.45) is 1.48. The fourth-order valence-corrected chi connectivity index (χ4v) is 2.49. The molecule has 0 bridgehead atoms. The molecule has 0 atom stereocenters. The standard InChI is InChI=1S/C13H12N4OS/c1-2-18-10-5-3-9(4-6-10)11-7-19-13(16-11)12-14-8-15-17-12/h3-8H,2H2,1H3,(H,14,15,17). The van der Waals surface area contributed by atoms with Gasteiger partial charge in [-0.1, -0.05) is 0 Å². The number of thiazole rings is 1. The van der Waals surface area contributed by atoms with E-state index < -0.39 is 0 Å². The van der Waals surface area contributed by atoms with Crippen molar-refractivity contribution < 1.29 is 4.74 Å². The van der Waals surface area contributed by atoms with Gasteiger partial charge >= 0.3 is 0 Å². The van der Waals surface area contributed by atoms with E-state index in [0.29, 0.717) is 12.4 Å². The van der Waals surface area contributed by atoms with Gasteiger partial charge in [0.1, 0.15) is 12.1 Å². The van der Waals surface area contributed by atoms with Crippen molar-refractivity contribution in [1.82, 2.24) is 20.2 Å². The van der Waals surface area contributed by atoms with Gasteiger partial charge in [-0.2, -0.15) is 5.10 Å². The number of H-pyrrole nitrogens is 1. The van der Waals surface area contributed by atoms with E-state index in [1.807, 2.05) is 36.6 Å². The Kier molecular flexibility index (Phi) is 3.24. The van der Waals surface area contributed by atoms with E-state index in [9.17, 15) is 0 Å². The summed E-state index contributed by atoms with van der Waals surface area (Å²) in [5.74, 6) is 1.57. The minimum atomic E-state index is 0.672. The quantitative estimate of drug-likeness (QED) is 0.793. The van der Waals surface area contributed by atoms with E-state index >= 15 is 0 Å². The van der Waals surface area contributed by atoms with Gasteiger partial charge in [0.15, 0.2) is 10.8 Å². The summed E-state index contributed by atoms with van der Waals surface area (Å²) in [4.78, 5) is 8.64. The maximum Gasteiger partial charge on any atom is 0.184 e. The summed E-state index contributed by atoms with van der Waals surface area (Å²) in [6, 6.07) is 7.91. The molecule has 0 saturated carbocycles. The molecule has 19 heavy (non-hydrogen) atoms. The van der Waals surface area contributed by atoms with Gasteiger partial charge in [0, 0.05) is 10.9 Å². The minimum absolute atomic E-state index is 0.672. The van der Waals surface area contributed by atoms with E-state index in [0.717, 1.165) is 22.0 Å². The number of aromatic amines is 1. The first-order valence-corrected chi connectivity index (χ1v) is 6.79. The Morgan fingerprint density at radius 2 is 2.11 bits per heavy atom. The first-order chi connectivity index (χ1) is 9.36. The molecule has 1 aromatic carbocycles. The molecule has 2 aromatic heterocycles. The largest absolute Gasteiger partial charge is 0.494 e. The molecule has 0 radical (unpaired) electrons. The molecule has 5 nitrogen and oxygen atoms in total. The third-order valence-electron chi connectivity index (χ3n) is 2.58. The lowest BCUT2D eigenvalue weighted by molar-refractivity contribution is 0.340. The highest BCUT2D eigenvalue weighted by Crippen LogP contribution is 2.27. The Morgan fingerprint density at radius 1 is 1.26 bits per heavy atom. The molecule has 0 fully saturated rings. The van der Waals surface area contributed by atoms with Gasteiger partial charge < -0.3 is 4.74 Å². The first-order valence-electron chi connectivity index (χ1n) is 5.91. The molecule has 96 valence electrons. The Bertz CT molecular complexity index is 646. The number of nitrogens with one attached hydrogen (secondary N) is 1. The van der Waals surface area contributed by atoms with Crippen LogP contribution in [0.1, 0.15) is 6.92 Å². The van der Waals surface area contributed by atoms with Crippen molar-refractivity contribution in [2.24, 2.45) is 0 Å². The van der Waals surface area contributed by atoms with E-state index in [1.165, 1.54) is 6.33 Å². The van der Waals surface area contributed by atoms with Crippen molar-refractivity contribution in [2.75, 3.05) is 6.61 Å². The summed E-state index contributed by atoms with van der Waals surface area (Å²) in [5.41, 5.74) is 1.99. The Labute approximate surface area is 114 Å². The summed E-state index contributed by atoms with van der Waals surface area (Å²) < 4.78 is 5.42. The van der Waals surface area contributed by atoms with Crippen molar-refractivity contribution in [1.29, 1.82) is 0 Å². The highest BCUT2D eigenvalue weighted by atomic mass is 32.1. The first kappa shape index (κ1) is 11.9. The SMILES string of the molecule is CCOc1ccc(-c2csc(-c3ncn[nH]3)n2)cc1. The van der Waals surface area contributed by atoms with Crippen LogP contribution in [0.4, 0.5) is 0 Å². The third kappa shape index (κ3) is 2.48. The van der Waals surface area contributed by atoms with Crippen molar-refractivity contribution in [2.45, 2.75) is 6.92 Å². The van der Waals surface area contributed by atoms with Gasteiger partial charge in [0.05, 0.1) is 12.3 Å². The van der Waals surface area contributed by atoms with Crippen molar-refractivity contribution in [3.63, 3.8) is 0 Å². The lowest BCUT2D eigenvalue weighted by Gasteiger charge is -2.03. The van der Waals surface area contributed by atoms with Crippen LogP contribution in [0.2, 0.25) is 0 Å². The predicted octanol–water partition coefficient (Wildman–Crippen LogP) is 2.99. The molecule has 3 aromatic rings. The van der Waals surface area contributed by atoms with Crippen LogP contribution in [0.5, 0.6) is 5.75 Å². The predicted molar refractivity (Wildman–Crippen MR) is 74.1 cm³/mol. The number of rotatable bonds is 4. The maximum atomic E-state index is 5.42. The van der Waals surface area contributed by atoms with E-state index in [2.05, 4.69) is 20.2 Å². The molecule has 0 aliphatic rings. The van der Waals surface area contributed by atoms with Crippen LogP contribution < -0.4 is 4.74 Å².